The molecule has 0 amide bonds. The van der Waals surface area contributed by atoms with Crippen molar-refractivity contribution < 1.29 is 49.0 Å². The normalized spacial score (nSPS) is 25.2. The van der Waals surface area contributed by atoms with Gasteiger partial charge in [0.15, 0.2) is 17.6 Å². The summed E-state index contributed by atoms with van der Waals surface area (Å²) in [6.07, 6.45) is -4.43. The minimum atomic E-state index is -1.62. The Hall–Kier alpha value is -4.11. The molecule has 2 aromatic rings. The van der Waals surface area contributed by atoms with Crippen LogP contribution in [0.2, 0.25) is 0 Å². The van der Waals surface area contributed by atoms with Crippen molar-refractivity contribution in [3.63, 3.8) is 0 Å². The monoisotopic (exact) mass is 483 g/mol. The molecule has 1 saturated heterocycles. The van der Waals surface area contributed by atoms with Gasteiger partial charge < -0.3 is 39.4 Å². The van der Waals surface area contributed by atoms with Gasteiger partial charge in [-0.1, -0.05) is 12.1 Å². The summed E-state index contributed by atoms with van der Waals surface area (Å²) in [5, 5.41) is 50.5. The fourth-order valence-electron chi connectivity index (χ4n) is 3.98. The van der Waals surface area contributed by atoms with Crippen molar-refractivity contribution >= 4 is 18.0 Å². The first-order chi connectivity index (χ1) is 16.7. The number of aliphatic hydroxyl groups is 2. The number of nitriles is 1. The van der Waals surface area contributed by atoms with Crippen LogP contribution in [0.15, 0.2) is 36.4 Å². The number of hydrogen-bond donors (Lipinski definition) is 4. The van der Waals surface area contributed by atoms with Crippen molar-refractivity contribution in [3.8, 4) is 23.3 Å². The van der Waals surface area contributed by atoms with E-state index in [0.717, 1.165) is 12.1 Å². The number of fused-ring (bicyclic) bond motifs is 3. The second kappa shape index (κ2) is 9.63. The lowest BCUT2D eigenvalue weighted by molar-refractivity contribution is -0.237. The Morgan fingerprint density at radius 2 is 1.91 bits per heavy atom. The highest BCUT2D eigenvalue weighted by Gasteiger charge is 2.52. The third-order valence-corrected chi connectivity index (χ3v) is 5.75. The molecule has 5 atom stereocenters. The molecule has 4 N–H and O–H groups in total. The average Bonchev–Trinajstić information content (AvgIpc) is 2.85. The molecule has 0 aromatic heterocycles. The molecule has 0 aliphatic carbocycles. The molecule has 35 heavy (non-hydrogen) atoms. The van der Waals surface area contributed by atoms with Gasteiger partial charge >= 0.3 is 11.9 Å². The lowest BCUT2D eigenvalue weighted by atomic mass is 9.86. The number of aliphatic hydroxyl groups excluding tert-OH is 2. The van der Waals surface area contributed by atoms with E-state index in [0.29, 0.717) is 11.1 Å². The number of phenolic OH excluding ortho intramolecular Hbond substituents is 2. The molecule has 2 aliphatic heterocycles. The van der Waals surface area contributed by atoms with Crippen LogP contribution in [0, 0.1) is 11.3 Å². The molecule has 2 heterocycles. The van der Waals surface area contributed by atoms with Gasteiger partial charge in [-0.25, -0.2) is 9.59 Å². The van der Waals surface area contributed by atoms with E-state index in [-0.39, 0.29) is 16.9 Å². The number of rotatable bonds is 5. The minimum Gasteiger partial charge on any atom is -0.504 e. The van der Waals surface area contributed by atoms with E-state index in [9.17, 15) is 30.0 Å². The third kappa shape index (κ3) is 4.50. The van der Waals surface area contributed by atoms with Crippen LogP contribution in [-0.4, -0.2) is 70.5 Å². The van der Waals surface area contributed by atoms with Crippen LogP contribution >= 0.6 is 0 Å². The maximum absolute atomic E-state index is 12.4. The van der Waals surface area contributed by atoms with E-state index >= 15 is 0 Å². The molecule has 2 aliphatic rings. The number of phenols is 2. The zero-order valence-electron chi connectivity index (χ0n) is 18.3. The molecule has 0 radical (unpaired) electrons. The second-order valence-corrected chi connectivity index (χ2v) is 7.88. The first kappa shape index (κ1) is 24.0. The van der Waals surface area contributed by atoms with Crippen LogP contribution < -0.4 is 4.74 Å². The van der Waals surface area contributed by atoms with Crippen molar-refractivity contribution in [1.82, 2.24) is 0 Å². The molecule has 0 spiro atoms. The van der Waals surface area contributed by atoms with Crippen LogP contribution in [0.1, 0.15) is 33.2 Å². The predicted molar refractivity (Wildman–Crippen MR) is 116 cm³/mol. The van der Waals surface area contributed by atoms with Gasteiger partial charge in [0.25, 0.3) is 0 Å². The van der Waals surface area contributed by atoms with Gasteiger partial charge in [0.1, 0.15) is 31.0 Å². The first-order valence-corrected chi connectivity index (χ1v) is 10.5. The van der Waals surface area contributed by atoms with Crippen molar-refractivity contribution in [2.75, 3.05) is 13.7 Å². The molecule has 1 fully saturated rings. The quantitative estimate of drug-likeness (QED) is 0.352. The zero-order chi connectivity index (χ0) is 25.3. The number of hydrogen-bond acceptors (Lipinski definition) is 11. The van der Waals surface area contributed by atoms with Gasteiger partial charge in [0.05, 0.1) is 24.3 Å². The summed E-state index contributed by atoms with van der Waals surface area (Å²) in [4.78, 5) is 24.5. The molecule has 0 unspecified atom stereocenters. The van der Waals surface area contributed by atoms with Crippen LogP contribution in [-0.2, 0) is 19.0 Å². The SMILES string of the molecule is COc1c(O)cc2c(c1O)[C@@H]1O[C@H](COC(=O)/C=C/c3ccc(C#N)cc3)[C@@H](O)[C@H](O)[C@H]1OC2=O. The number of ether oxygens (including phenoxy) is 4. The smallest absolute Gasteiger partial charge is 0.339 e. The van der Waals surface area contributed by atoms with Crippen LogP contribution in [0.4, 0.5) is 0 Å². The summed E-state index contributed by atoms with van der Waals surface area (Å²) < 4.78 is 21.1. The molecule has 11 nitrogen and oxygen atoms in total. The number of methoxy groups -OCH3 is 1. The number of carbonyl (C=O) groups excluding carboxylic acids is 2. The van der Waals surface area contributed by atoms with Crippen LogP contribution in [0.3, 0.4) is 0 Å². The maximum Gasteiger partial charge on any atom is 0.339 e. The summed E-state index contributed by atoms with van der Waals surface area (Å²) in [5.74, 6) is -3.10. The third-order valence-electron chi connectivity index (χ3n) is 5.75. The van der Waals surface area contributed by atoms with E-state index in [1.807, 2.05) is 6.07 Å². The predicted octanol–water partition coefficient (Wildman–Crippen LogP) is 0.935. The van der Waals surface area contributed by atoms with E-state index < -0.39 is 60.6 Å². The van der Waals surface area contributed by atoms with E-state index in [1.165, 1.54) is 13.2 Å². The number of aromatic hydroxyl groups is 2. The summed E-state index contributed by atoms with van der Waals surface area (Å²) in [6, 6.07) is 9.50. The number of carbonyl (C=O) groups is 2. The molecular weight excluding hydrogens is 462 g/mol. The van der Waals surface area contributed by atoms with Crippen LogP contribution in [0.5, 0.6) is 17.2 Å². The van der Waals surface area contributed by atoms with Gasteiger partial charge in [-0.05, 0) is 29.8 Å². The van der Waals surface area contributed by atoms with Crippen molar-refractivity contribution in [2.24, 2.45) is 0 Å². The molecule has 182 valence electrons. The number of esters is 2. The summed E-state index contributed by atoms with van der Waals surface area (Å²) >= 11 is 0. The minimum absolute atomic E-state index is 0.0936. The van der Waals surface area contributed by atoms with Gasteiger partial charge in [0.2, 0.25) is 5.75 Å². The van der Waals surface area contributed by atoms with Gasteiger partial charge in [-0.2, -0.15) is 5.26 Å². The Labute approximate surface area is 199 Å². The van der Waals surface area contributed by atoms with Crippen molar-refractivity contribution in [3.05, 3.63) is 58.7 Å². The average molecular weight is 483 g/mol. The Morgan fingerprint density at radius 3 is 2.57 bits per heavy atom. The number of benzene rings is 2. The van der Waals surface area contributed by atoms with Crippen molar-refractivity contribution in [2.45, 2.75) is 30.5 Å². The highest BCUT2D eigenvalue weighted by atomic mass is 16.6. The Balaban J connectivity index is 1.50. The fraction of sp³-hybridized carbons (Fsp3) is 0.292. The highest BCUT2D eigenvalue weighted by Crippen LogP contribution is 2.49. The summed E-state index contributed by atoms with van der Waals surface area (Å²) in [5.41, 5.74) is 0.830. The Bertz CT molecular complexity index is 1220. The Kier molecular flexibility index (Phi) is 6.61. The van der Waals surface area contributed by atoms with Crippen molar-refractivity contribution in [1.29, 1.82) is 5.26 Å². The highest BCUT2D eigenvalue weighted by molar-refractivity contribution is 5.95. The van der Waals surface area contributed by atoms with E-state index in [1.54, 1.807) is 24.3 Å². The van der Waals surface area contributed by atoms with E-state index in [4.69, 9.17) is 24.2 Å². The first-order valence-electron chi connectivity index (χ1n) is 10.5. The molecular formula is C24H21NO10. The summed E-state index contributed by atoms with van der Waals surface area (Å²) in [6.45, 7) is -0.461. The molecule has 2 aromatic carbocycles. The van der Waals surface area contributed by atoms with Gasteiger partial charge in [-0.15, -0.1) is 0 Å². The molecule has 0 saturated carbocycles. The largest absolute Gasteiger partial charge is 0.504 e. The zero-order valence-corrected chi connectivity index (χ0v) is 18.3. The lowest BCUT2D eigenvalue weighted by Crippen LogP contribution is -2.58. The standard InChI is InChI=1S/C24H21NO10/c1-32-21-14(26)8-13-17(19(21)29)22-23(35-24(13)31)20(30)18(28)15(34-22)10-33-16(27)7-6-11-2-4-12(9-25)5-3-11/h2-8,15,18,20,22-23,26,28-30H,10H2,1H3/b7-6+/t15-,18-,20+,22+,23-/m1/s1. The second-order valence-electron chi connectivity index (χ2n) is 7.88. The molecule has 4 rings (SSSR count). The van der Waals surface area contributed by atoms with Gasteiger partial charge in [0, 0.05) is 11.6 Å². The Morgan fingerprint density at radius 1 is 1.20 bits per heavy atom. The fourth-order valence-corrected chi connectivity index (χ4v) is 3.98. The molecule has 0 bridgehead atoms. The van der Waals surface area contributed by atoms with Gasteiger partial charge in [-0.3, -0.25) is 0 Å². The number of nitrogens with zero attached hydrogens (tertiary/aromatic N) is 1. The van der Waals surface area contributed by atoms with Crippen LogP contribution in [0.25, 0.3) is 6.08 Å². The molecule has 11 heteroatoms. The topological polar surface area (TPSA) is 176 Å². The summed E-state index contributed by atoms with van der Waals surface area (Å²) in [7, 11) is 1.20. The maximum atomic E-state index is 12.4. The lowest BCUT2D eigenvalue weighted by Gasteiger charge is -2.44. The van der Waals surface area contributed by atoms with E-state index in [2.05, 4.69) is 0 Å².